The van der Waals surface area contributed by atoms with Crippen LogP contribution in [0.1, 0.15) is 17.2 Å². The van der Waals surface area contributed by atoms with Crippen LogP contribution in [0.5, 0.6) is 11.5 Å². The molecule has 2 N–H and O–H groups in total. The second-order valence-corrected chi connectivity index (χ2v) is 8.55. The van der Waals surface area contributed by atoms with E-state index in [1.807, 2.05) is 12.1 Å². The summed E-state index contributed by atoms with van der Waals surface area (Å²) in [7, 11) is -4.03. The van der Waals surface area contributed by atoms with Gasteiger partial charge in [0.25, 0.3) is 5.69 Å². The third-order valence-electron chi connectivity index (χ3n) is 4.90. The van der Waals surface area contributed by atoms with Gasteiger partial charge < -0.3 is 9.84 Å². The first-order chi connectivity index (χ1) is 14.3. The Labute approximate surface area is 173 Å². The number of rotatable bonds is 6. The number of nitrogens with zero attached hydrogens (tertiary/aromatic N) is 1. The lowest BCUT2D eigenvalue weighted by molar-refractivity contribution is -0.384. The Morgan fingerprint density at radius 1 is 1.00 bits per heavy atom. The van der Waals surface area contributed by atoms with Crippen LogP contribution in [-0.4, -0.2) is 24.6 Å². The van der Waals surface area contributed by atoms with Crippen molar-refractivity contribution in [2.24, 2.45) is 0 Å². The standard InChI is InChI=1S/C21H18N2O6S/c24-18-13-14-5-1-2-6-17(14)21(18)22-30(27,28)20-8-4-3-7-19(20)29-16-11-9-15(10-12-16)23(25)26/h1-12,18,21-22,24H,13H2. The topological polar surface area (TPSA) is 119 Å². The molecule has 0 aliphatic heterocycles. The van der Waals surface area contributed by atoms with Gasteiger partial charge >= 0.3 is 0 Å². The maximum atomic E-state index is 13.1. The van der Waals surface area contributed by atoms with E-state index in [0.717, 1.165) is 11.1 Å². The molecule has 4 rings (SSSR count). The summed E-state index contributed by atoms with van der Waals surface area (Å²) in [5.74, 6) is 0.328. The smallest absolute Gasteiger partial charge is 0.269 e. The molecule has 3 aromatic rings. The van der Waals surface area contributed by atoms with Crippen molar-refractivity contribution in [2.45, 2.75) is 23.5 Å². The molecule has 30 heavy (non-hydrogen) atoms. The monoisotopic (exact) mass is 426 g/mol. The van der Waals surface area contributed by atoms with Gasteiger partial charge in [0.15, 0.2) is 0 Å². The van der Waals surface area contributed by atoms with Gasteiger partial charge in [-0.2, -0.15) is 0 Å². The number of hydrogen-bond donors (Lipinski definition) is 2. The molecule has 0 heterocycles. The Bertz CT molecular complexity index is 1190. The molecule has 9 heteroatoms. The van der Waals surface area contributed by atoms with Crippen LogP contribution in [0.25, 0.3) is 0 Å². The summed E-state index contributed by atoms with van der Waals surface area (Å²) in [5.41, 5.74) is 1.54. The number of sulfonamides is 1. The molecule has 0 radical (unpaired) electrons. The predicted octanol–water partition coefficient (Wildman–Crippen LogP) is 3.32. The van der Waals surface area contributed by atoms with Crippen molar-refractivity contribution in [3.8, 4) is 11.5 Å². The van der Waals surface area contributed by atoms with E-state index >= 15 is 0 Å². The maximum Gasteiger partial charge on any atom is 0.269 e. The zero-order valence-corrected chi connectivity index (χ0v) is 16.5. The highest BCUT2D eigenvalue weighted by Gasteiger charge is 2.35. The molecule has 0 spiro atoms. The van der Waals surface area contributed by atoms with Crippen LogP contribution in [0.15, 0.2) is 77.7 Å². The minimum Gasteiger partial charge on any atom is -0.456 e. The second kappa shape index (κ2) is 7.86. The molecule has 1 aliphatic rings. The molecule has 3 aromatic carbocycles. The first kappa shape index (κ1) is 20.0. The van der Waals surface area contributed by atoms with Gasteiger partial charge in [-0.1, -0.05) is 36.4 Å². The molecule has 0 saturated heterocycles. The van der Waals surface area contributed by atoms with Crippen LogP contribution >= 0.6 is 0 Å². The van der Waals surface area contributed by atoms with Crippen molar-refractivity contribution in [3.05, 3.63) is 94.0 Å². The van der Waals surface area contributed by atoms with E-state index in [1.54, 1.807) is 24.3 Å². The highest BCUT2D eigenvalue weighted by Crippen LogP contribution is 2.35. The normalized spacial score (nSPS) is 18.0. The van der Waals surface area contributed by atoms with E-state index in [1.165, 1.54) is 36.4 Å². The van der Waals surface area contributed by atoms with E-state index in [9.17, 15) is 23.6 Å². The number of nitro groups is 1. The van der Waals surface area contributed by atoms with Crippen molar-refractivity contribution in [3.63, 3.8) is 0 Å². The summed E-state index contributed by atoms with van der Waals surface area (Å²) in [5, 5.41) is 21.2. The molecule has 2 unspecified atom stereocenters. The van der Waals surface area contributed by atoms with E-state index in [-0.39, 0.29) is 22.1 Å². The maximum absolute atomic E-state index is 13.1. The average molecular weight is 426 g/mol. The van der Waals surface area contributed by atoms with Crippen molar-refractivity contribution in [2.75, 3.05) is 0 Å². The van der Waals surface area contributed by atoms with E-state index in [0.29, 0.717) is 6.42 Å². The Kier molecular flexibility index (Phi) is 5.25. The van der Waals surface area contributed by atoms with Crippen LogP contribution in [0.4, 0.5) is 5.69 Å². The lowest BCUT2D eigenvalue weighted by Crippen LogP contribution is -2.34. The first-order valence-corrected chi connectivity index (χ1v) is 10.6. The molecular formula is C21H18N2O6S. The van der Waals surface area contributed by atoms with Crippen LogP contribution in [0, 0.1) is 10.1 Å². The fourth-order valence-corrected chi connectivity index (χ4v) is 4.84. The Balaban J connectivity index is 1.62. The third kappa shape index (κ3) is 3.90. The average Bonchev–Trinajstić information content (AvgIpc) is 3.03. The quantitative estimate of drug-likeness (QED) is 0.461. The Hall–Kier alpha value is -3.27. The predicted molar refractivity (Wildman–Crippen MR) is 109 cm³/mol. The number of benzene rings is 3. The Morgan fingerprint density at radius 2 is 1.67 bits per heavy atom. The number of nitro benzene ring substituents is 1. The van der Waals surface area contributed by atoms with Crippen LogP contribution in [0.2, 0.25) is 0 Å². The SMILES string of the molecule is O=[N+]([O-])c1ccc(Oc2ccccc2S(=O)(=O)NC2c3ccccc3CC2O)cc1. The fourth-order valence-electron chi connectivity index (χ4n) is 3.47. The Morgan fingerprint density at radius 3 is 2.40 bits per heavy atom. The number of ether oxygens (including phenoxy) is 1. The van der Waals surface area contributed by atoms with E-state index in [2.05, 4.69) is 4.72 Å². The van der Waals surface area contributed by atoms with Crippen LogP contribution in [-0.2, 0) is 16.4 Å². The summed E-state index contributed by atoms with van der Waals surface area (Å²) < 4.78 is 34.5. The van der Waals surface area contributed by atoms with Crippen molar-refractivity contribution >= 4 is 15.7 Å². The van der Waals surface area contributed by atoms with Crippen molar-refractivity contribution in [1.82, 2.24) is 4.72 Å². The number of para-hydroxylation sites is 1. The van der Waals surface area contributed by atoms with Gasteiger partial charge in [-0.15, -0.1) is 0 Å². The first-order valence-electron chi connectivity index (χ1n) is 9.15. The largest absolute Gasteiger partial charge is 0.456 e. The highest BCUT2D eigenvalue weighted by atomic mass is 32.2. The van der Waals surface area contributed by atoms with Crippen molar-refractivity contribution in [1.29, 1.82) is 0 Å². The molecule has 0 saturated carbocycles. The summed E-state index contributed by atoms with van der Waals surface area (Å²) in [6, 6.07) is 17.9. The minimum atomic E-state index is -4.03. The number of nitrogens with one attached hydrogen (secondary N) is 1. The van der Waals surface area contributed by atoms with E-state index < -0.39 is 27.1 Å². The van der Waals surface area contributed by atoms with E-state index in [4.69, 9.17) is 4.74 Å². The van der Waals surface area contributed by atoms with Gasteiger partial charge in [-0.3, -0.25) is 10.1 Å². The third-order valence-corrected chi connectivity index (χ3v) is 6.38. The molecule has 8 nitrogen and oxygen atoms in total. The molecule has 154 valence electrons. The molecule has 1 aliphatic carbocycles. The van der Waals surface area contributed by atoms with Gasteiger partial charge in [-0.25, -0.2) is 13.1 Å². The summed E-state index contributed by atoms with van der Waals surface area (Å²) in [6.45, 7) is 0. The number of hydrogen-bond acceptors (Lipinski definition) is 6. The van der Waals surface area contributed by atoms with Gasteiger partial charge in [0, 0.05) is 18.6 Å². The summed E-state index contributed by atoms with van der Waals surface area (Å²) in [6.07, 6.45) is -0.510. The zero-order valence-electron chi connectivity index (χ0n) is 15.6. The molecule has 0 fully saturated rings. The lowest BCUT2D eigenvalue weighted by atomic mass is 10.1. The molecule has 0 amide bonds. The van der Waals surface area contributed by atoms with Gasteiger partial charge in [-0.05, 0) is 35.4 Å². The molecule has 0 bridgehead atoms. The number of aliphatic hydroxyl groups excluding tert-OH is 1. The number of aliphatic hydroxyl groups is 1. The van der Waals surface area contributed by atoms with Gasteiger partial charge in [0.2, 0.25) is 10.0 Å². The second-order valence-electron chi connectivity index (χ2n) is 6.87. The van der Waals surface area contributed by atoms with Crippen LogP contribution in [0.3, 0.4) is 0 Å². The zero-order chi connectivity index (χ0) is 21.3. The summed E-state index contributed by atoms with van der Waals surface area (Å²) >= 11 is 0. The lowest BCUT2D eigenvalue weighted by Gasteiger charge is -2.19. The van der Waals surface area contributed by atoms with Gasteiger partial charge in [0.05, 0.1) is 17.1 Å². The minimum absolute atomic E-state index is 0.0691. The van der Waals surface area contributed by atoms with Crippen molar-refractivity contribution < 1.29 is 23.2 Å². The molecular weight excluding hydrogens is 408 g/mol. The molecule has 0 aromatic heterocycles. The number of non-ortho nitro benzene ring substituents is 1. The van der Waals surface area contributed by atoms with Crippen LogP contribution < -0.4 is 9.46 Å². The summed E-state index contributed by atoms with van der Waals surface area (Å²) in [4.78, 5) is 10.2. The van der Waals surface area contributed by atoms with Gasteiger partial charge in [0.1, 0.15) is 16.4 Å². The number of fused-ring (bicyclic) bond motifs is 1. The fraction of sp³-hybridized carbons (Fsp3) is 0.143. The highest BCUT2D eigenvalue weighted by molar-refractivity contribution is 7.89. The molecule has 2 atom stereocenters.